The first-order chi connectivity index (χ1) is 8.00. The number of halogens is 4. The van der Waals surface area contributed by atoms with Crippen molar-refractivity contribution >= 4 is 11.3 Å². The van der Waals surface area contributed by atoms with Crippen molar-refractivity contribution < 1.29 is 34.4 Å². The van der Waals surface area contributed by atoms with Gasteiger partial charge in [0, 0.05) is 0 Å². The molecule has 0 radical (unpaired) electrons. The molecule has 0 atom stereocenters. The maximum absolute atomic E-state index is 12.3. The van der Waals surface area contributed by atoms with E-state index in [-0.39, 0.29) is 21.2 Å². The molecule has 0 aliphatic carbocycles. The van der Waals surface area contributed by atoms with E-state index in [1.54, 1.807) is 6.20 Å². The van der Waals surface area contributed by atoms with Crippen LogP contribution in [0, 0.1) is 2.88 Å². The molecule has 2 heterocycles. The second-order valence-corrected chi connectivity index (χ2v) is 7.09. The number of nitrogens with zero attached hydrogens (tertiary/aromatic N) is 2. The molecule has 0 spiro atoms. The number of hydrogen-bond acceptors (Lipinski definition) is 3. The zero-order chi connectivity index (χ0) is 12.5. The molecule has 17 heavy (non-hydrogen) atoms. The van der Waals surface area contributed by atoms with Crippen molar-refractivity contribution in [2.75, 3.05) is 4.93 Å². The van der Waals surface area contributed by atoms with Gasteiger partial charge in [0.15, 0.2) is 0 Å². The Morgan fingerprint density at radius 2 is 1.94 bits per heavy atom. The molecule has 0 saturated heterocycles. The van der Waals surface area contributed by atoms with Crippen LogP contribution in [0.15, 0.2) is 24.5 Å². The molecule has 2 aromatic heterocycles. The summed E-state index contributed by atoms with van der Waals surface area (Å²) >= 11 is 1.48. The van der Waals surface area contributed by atoms with E-state index in [0.717, 1.165) is 11.1 Å². The van der Waals surface area contributed by atoms with Crippen LogP contribution in [-0.4, -0.2) is 14.9 Å². The molecular weight excluding hydrogens is 364 g/mol. The number of thiazole rings is 1. The Hall–Kier alpha value is -0.700. The Bertz CT molecular complexity index is 507. The summed E-state index contributed by atoms with van der Waals surface area (Å²) in [4.78, 5) is 9.70. The average Bonchev–Trinajstić information content (AvgIpc) is 2.76. The Labute approximate surface area is 110 Å². The Kier molecular flexibility index (Phi) is 3.67. The summed E-state index contributed by atoms with van der Waals surface area (Å²) in [6, 6.07) is 2.39. The average molecular weight is 371 g/mol. The van der Waals surface area contributed by atoms with Crippen LogP contribution in [0.3, 0.4) is 0 Å². The van der Waals surface area contributed by atoms with Gasteiger partial charge in [0.25, 0.3) is 0 Å². The van der Waals surface area contributed by atoms with Crippen LogP contribution in [0.2, 0.25) is 0 Å². The predicted molar refractivity (Wildman–Crippen MR) is 55.0 cm³/mol. The van der Waals surface area contributed by atoms with E-state index in [2.05, 4.69) is 14.9 Å². The first kappa shape index (κ1) is 12.7. The van der Waals surface area contributed by atoms with Gasteiger partial charge in [-0.2, -0.15) is 0 Å². The second-order valence-electron chi connectivity index (χ2n) is 3.09. The van der Waals surface area contributed by atoms with E-state index < -0.39 is 11.9 Å². The fourth-order valence-electron chi connectivity index (χ4n) is 1.16. The number of rotatable bonds is 2. The Balaban J connectivity index is 2.29. The molecule has 0 N–H and O–H groups in total. The van der Waals surface area contributed by atoms with Crippen LogP contribution in [-0.2, 0) is 6.18 Å². The molecule has 2 nitrogen and oxygen atoms in total. The molecule has 2 aromatic rings. The summed E-state index contributed by atoms with van der Waals surface area (Å²) in [5.74, 6) is 0. The third-order valence-electron chi connectivity index (χ3n) is 1.96. The quantitative estimate of drug-likeness (QED) is 0.554. The molecule has 0 fully saturated rings. The molecule has 2 rings (SSSR count). The third-order valence-corrected chi connectivity index (χ3v) is 5.84. The van der Waals surface area contributed by atoms with Crippen molar-refractivity contribution in [1.82, 2.24) is 9.97 Å². The monoisotopic (exact) mass is 371 g/mol. The number of hydrogen-bond donors (Lipinski definition) is 0. The van der Waals surface area contributed by atoms with Gasteiger partial charge >= 0.3 is 110 Å². The summed E-state index contributed by atoms with van der Waals surface area (Å²) in [5.41, 5.74) is -0.243. The van der Waals surface area contributed by atoms with Crippen molar-refractivity contribution in [2.24, 2.45) is 0 Å². The molecule has 0 unspecified atom stereocenters. The summed E-state index contributed by atoms with van der Waals surface area (Å²) in [5, 5.41) is 0.725. The predicted octanol–water partition coefficient (Wildman–Crippen LogP) is 0.112. The number of alkyl halides is 4. The van der Waals surface area contributed by atoms with Gasteiger partial charge in [0.05, 0.1) is 0 Å². The standard InChI is InChI=1S/C10H7F3IN2S/c1-14-8-5-16-9(17-8)6-2-3-7(15-4-6)10(11,12)13/h2-5H,1H3/q-1. The molecule has 0 bridgehead atoms. The summed E-state index contributed by atoms with van der Waals surface area (Å²) < 4.78 is 38.1. The molecule has 0 saturated carbocycles. The van der Waals surface area contributed by atoms with Gasteiger partial charge in [-0.25, -0.2) is 0 Å². The minimum atomic E-state index is -4.39. The summed E-state index contributed by atoms with van der Waals surface area (Å²) in [6.07, 6.45) is -1.38. The maximum atomic E-state index is 12.3. The topological polar surface area (TPSA) is 25.8 Å². The SMILES string of the molecule is C[I-]c1cnc(-c2ccc(C(F)(F)F)nc2)s1. The van der Waals surface area contributed by atoms with Gasteiger partial charge in [0.1, 0.15) is 0 Å². The van der Waals surface area contributed by atoms with Crippen LogP contribution < -0.4 is 21.2 Å². The van der Waals surface area contributed by atoms with Gasteiger partial charge in [-0.15, -0.1) is 0 Å². The fourth-order valence-corrected chi connectivity index (χ4v) is 3.58. The van der Waals surface area contributed by atoms with Crippen molar-refractivity contribution in [1.29, 1.82) is 0 Å². The number of pyridine rings is 1. The van der Waals surface area contributed by atoms with E-state index in [9.17, 15) is 13.2 Å². The van der Waals surface area contributed by atoms with E-state index in [1.165, 1.54) is 26.5 Å². The van der Waals surface area contributed by atoms with Gasteiger partial charge in [-0.05, 0) is 0 Å². The van der Waals surface area contributed by atoms with Crippen LogP contribution in [0.4, 0.5) is 13.2 Å². The summed E-state index contributed by atoms with van der Waals surface area (Å²) in [6.45, 7) is 0. The Morgan fingerprint density at radius 3 is 2.41 bits per heavy atom. The normalized spacial score (nSPS) is 12.0. The van der Waals surface area contributed by atoms with Gasteiger partial charge in [-0.1, -0.05) is 0 Å². The molecule has 92 valence electrons. The Morgan fingerprint density at radius 1 is 1.18 bits per heavy atom. The van der Waals surface area contributed by atoms with Crippen molar-refractivity contribution in [3.8, 4) is 10.6 Å². The van der Waals surface area contributed by atoms with Crippen molar-refractivity contribution in [3.05, 3.63) is 33.1 Å². The van der Waals surface area contributed by atoms with Crippen molar-refractivity contribution in [2.45, 2.75) is 6.18 Å². The number of aromatic nitrogens is 2. The second kappa shape index (κ2) is 4.89. The molecular formula is C10H7F3IN2S-. The van der Waals surface area contributed by atoms with Gasteiger partial charge < -0.3 is 0 Å². The minimum absolute atomic E-state index is 0.0315. The molecule has 0 aliphatic heterocycles. The zero-order valence-electron chi connectivity index (χ0n) is 8.62. The zero-order valence-corrected chi connectivity index (χ0v) is 11.6. The van der Waals surface area contributed by atoms with Crippen LogP contribution >= 0.6 is 11.3 Å². The van der Waals surface area contributed by atoms with Gasteiger partial charge in [-0.3, -0.25) is 0 Å². The third kappa shape index (κ3) is 2.95. The molecule has 7 heteroatoms. The van der Waals surface area contributed by atoms with E-state index in [1.807, 2.05) is 0 Å². The fraction of sp³-hybridized carbons (Fsp3) is 0.200. The van der Waals surface area contributed by atoms with Crippen molar-refractivity contribution in [3.63, 3.8) is 0 Å². The van der Waals surface area contributed by atoms with Crippen LogP contribution in [0.1, 0.15) is 5.69 Å². The first-order valence-corrected chi connectivity index (χ1v) is 8.55. The first-order valence-electron chi connectivity index (χ1n) is 4.49. The molecule has 0 aromatic carbocycles. The van der Waals surface area contributed by atoms with E-state index in [4.69, 9.17) is 0 Å². The van der Waals surface area contributed by atoms with Gasteiger partial charge in [0.2, 0.25) is 0 Å². The van der Waals surface area contributed by atoms with E-state index in [0.29, 0.717) is 5.56 Å². The molecule has 0 amide bonds. The van der Waals surface area contributed by atoms with E-state index >= 15 is 0 Å². The van der Waals surface area contributed by atoms with Crippen LogP contribution in [0.5, 0.6) is 0 Å². The summed E-state index contributed by atoms with van der Waals surface area (Å²) in [7, 11) is 0. The molecule has 0 aliphatic rings. The van der Waals surface area contributed by atoms with Crippen LogP contribution in [0.25, 0.3) is 10.6 Å².